The lowest BCUT2D eigenvalue weighted by Gasteiger charge is -2.26. The maximum Gasteiger partial charge on any atom is 0.269 e. The Morgan fingerprint density at radius 1 is 0.507 bits per heavy atom. The Labute approximate surface area is 421 Å². The number of nitrogens with zero attached hydrogens (tertiary/aromatic N) is 4. The first-order valence-electron chi connectivity index (χ1n) is 25.2. The first-order chi connectivity index (χ1) is 34.0. The average molecular weight is 931 g/mol. The van der Waals surface area contributed by atoms with Gasteiger partial charge in [-0.25, -0.2) is 4.98 Å². The Kier molecular flexibility index (Phi) is 12.2. The fraction of sp³-hybridized carbons (Fsp3) is 0.242. The maximum atomic E-state index is 7.10. The molecule has 0 fully saturated rings. The molecule has 5 heteroatoms. The van der Waals surface area contributed by atoms with Gasteiger partial charge in [0.15, 0.2) is 0 Å². The number of benzene rings is 7. The van der Waals surface area contributed by atoms with Gasteiger partial charge in [0.25, 0.3) is 6.33 Å². The van der Waals surface area contributed by atoms with Gasteiger partial charge < -0.3 is 4.74 Å². The van der Waals surface area contributed by atoms with Crippen molar-refractivity contribution in [2.24, 2.45) is 0 Å². The highest BCUT2D eigenvalue weighted by atomic mass is 16.5. The van der Waals surface area contributed by atoms with Crippen LogP contribution in [-0.4, -0.2) is 14.1 Å². The molecule has 0 amide bonds. The van der Waals surface area contributed by atoms with Crippen LogP contribution in [0.2, 0.25) is 0 Å². The molecule has 0 spiro atoms. The predicted octanol–water partition coefficient (Wildman–Crippen LogP) is 16.7. The molecule has 10 aromatic rings. The van der Waals surface area contributed by atoms with E-state index < -0.39 is 0 Å². The van der Waals surface area contributed by atoms with Crippen LogP contribution in [0.4, 0.5) is 0 Å². The van der Waals surface area contributed by atoms with Crippen molar-refractivity contribution in [2.45, 2.75) is 104 Å². The molecule has 71 heavy (non-hydrogen) atoms. The van der Waals surface area contributed by atoms with Gasteiger partial charge in [0.2, 0.25) is 0 Å². The fourth-order valence-electron chi connectivity index (χ4n) is 10.3. The smallest absolute Gasteiger partial charge is 0.269 e. The normalized spacial score (nSPS) is 12.4. The van der Waals surface area contributed by atoms with E-state index in [-0.39, 0.29) is 16.2 Å². The molecule has 0 aliphatic carbocycles. The van der Waals surface area contributed by atoms with Gasteiger partial charge in [0, 0.05) is 40.1 Å². The van der Waals surface area contributed by atoms with Crippen molar-refractivity contribution in [2.75, 3.05) is 0 Å². The Morgan fingerprint density at radius 3 is 1.75 bits per heavy atom. The van der Waals surface area contributed by atoms with Crippen LogP contribution in [0.3, 0.4) is 0 Å². The van der Waals surface area contributed by atoms with Crippen LogP contribution in [0.15, 0.2) is 188 Å². The third-order valence-corrected chi connectivity index (χ3v) is 14.8. The summed E-state index contributed by atoms with van der Waals surface area (Å²) in [5, 5.41) is 2.31. The fourth-order valence-corrected chi connectivity index (χ4v) is 10.3. The summed E-state index contributed by atoms with van der Waals surface area (Å²) in [5.74, 6) is 2.97. The maximum absolute atomic E-state index is 7.10. The molecule has 0 unspecified atom stereocenters. The van der Waals surface area contributed by atoms with Crippen molar-refractivity contribution in [3.05, 3.63) is 234 Å². The Bertz CT molecular complexity index is 3520. The second kappa shape index (κ2) is 18.4. The Balaban J connectivity index is 1.13. The summed E-state index contributed by atoms with van der Waals surface area (Å²) in [4.78, 5) is 5.02. The highest BCUT2D eigenvalue weighted by Crippen LogP contribution is 2.41. The predicted molar refractivity (Wildman–Crippen MR) is 294 cm³/mol. The van der Waals surface area contributed by atoms with Gasteiger partial charge in [-0.15, -0.1) is 0 Å². The molecular weight excluding hydrogens is 865 g/mol. The van der Waals surface area contributed by atoms with Crippen LogP contribution < -0.4 is 9.30 Å². The third-order valence-electron chi connectivity index (χ3n) is 14.8. The molecule has 0 aliphatic heterocycles. The number of hydrogen-bond acceptors (Lipinski definition) is 2. The molecule has 0 atom stereocenters. The lowest BCUT2D eigenvalue weighted by molar-refractivity contribution is -0.599. The highest BCUT2D eigenvalue weighted by Gasteiger charge is 2.28. The second-order valence-corrected chi connectivity index (χ2v) is 22.0. The zero-order valence-electron chi connectivity index (χ0n) is 43.2. The lowest BCUT2D eigenvalue weighted by atomic mass is 9.78. The molecule has 0 radical (unpaired) electrons. The van der Waals surface area contributed by atoms with E-state index in [9.17, 15) is 0 Å². The van der Waals surface area contributed by atoms with Gasteiger partial charge in [-0.05, 0) is 122 Å². The quantitative estimate of drug-likeness (QED) is 0.0904. The minimum Gasteiger partial charge on any atom is -0.458 e. The highest BCUT2D eigenvalue weighted by molar-refractivity contribution is 6.09. The number of aromatic nitrogens is 4. The van der Waals surface area contributed by atoms with Crippen molar-refractivity contribution in [3.8, 4) is 39.9 Å². The summed E-state index contributed by atoms with van der Waals surface area (Å²) >= 11 is 0. The minimum atomic E-state index is -0.228. The third kappa shape index (κ3) is 8.88. The van der Waals surface area contributed by atoms with Gasteiger partial charge >= 0.3 is 0 Å². The van der Waals surface area contributed by atoms with Crippen LogP contribution in [-0.2, 0) is 16.2 Å². The van der Waals surface area contributed by atoms with Crippen LogP contribution in [0.1, 0.15) is 127 Å². The summed E-state index contributed by atoms with van der Waals surface area (Å²) in [6, 6.07) is 63.4. The number of fused-ring (bicyclic) bond motifs is 3. The molecule has 3 aromatic heterocycles. The van der Waals surface area contributed by atoms with E-state index in [2.05, 4.69) is 278 Å². The molecule has 0 saturated heterocycles. The van der Waals surface area contributed by atoms with Crippen molar-refractivity contribution < 1.29 is 9.30 Å². The monoisotopic (exact) mass is 931 g/mol. The van der Waals surface area contributed by atoms with Crippen molar-refractivity contribution >= 4 is 21.8 Å². The van der Waals surface area contributed by atoms with Crippen LogP contribution >= 0.6 is 0 Å². The van der Waals surface area contributed by atoms with E-state index in [0.29, 0.717) is 11.8 Å². The van der Waals surface area contributed by atoms with Gasteiger partial charge in [-0.2, -0.15) is 0 Å². The second-order valence-electron chi connectivity index (χ2n) is 22.0. The zero-order chi connectivity index (χ0) is 49.8. The number of rotatable bonds is 12. The molecule has 0 bridgehead atoms. The SMILES string of the molecule is CC(C)c1cccc(C(C)C)c1-c1c[n+](-c2cccc(C(C)(C)c3ccccc3)c2)[c-]n1-c1cc(Oc2ccc3c4ccccc4n(-c4cc(C(C)(C)c5ccccc5)ccn4)c3c2)cc(C(C)(C)C)c1. The first kappa shape index (κ1) is 47.2. The summed E-state index contributed by atoms with van der Waals surface area (Å²) in [7, 11) is 0. The zero-order valence-corrected chi connectivity index (χ0v) is 43.2. The molecule has 356 valence electrons. The molecule has 5 nitrogen and oxygen atoms in total. The molecule has 0 aliphatic rings. The molecule has 7 aromatic carbocycles. The van der Waals surface area contributed by atoms with Gasteiger partial charge in [0.05, 0.1) is 28.1 Å². The first-order valence-corrected chi connectivity index (χ1v) is 25.2. The van der Waals surface area contributed by atoms with E-state index in [1.54, 1.807) is 0 Å². The summed E-state index contributed by atoms with van der Waals surface area (Å²) in [6.45, 7) is 25.2. The molecule has 0 saturated carbocycles. The number of pyridine rings is 1. The topological polar surface area (TPSA) is 35.9 Å². The Hall–Kier alpha value is -7.50. The van der Waals surface area contributed by atoms with E-state index in [1.807, 2.05) is 6.20 Å². The van der Waals surface area contributed by atoms with E-state index >= 15 is 0 Å². The van der Waals surface area contributed by atoms with E-state index in [4.69, 9.17) is 9.72 Å². The Morgan fingerprint density at radius 2 is 1.10 bits per heavy atom. The van der Waals surface area contributed by atoms with Gasteiger partial charge in [0.1, 0.15) is 17.3 Å². The summed E-state index contributed by atoms with van der Waals surface area (Å²) in [6.07, 6.45) is 8.11. The molecule has 3 heterocycles. The van der Waals surface area contributed by atoms with Crippen LogP contribution in [0, 0.1) is 6.33 Å². The summed E-state index contributed by atoms with van der Waals surface area (Å²) in [5.41, 5.74) is 14.6. The minimum absolute atomic E-state index is 0.186. The van der Waals surface area contributed by atoms with Crippen molar-refractivity contribution in [1.29, 1.82) is 0 Å². The van der Waals surface area contributed by atoms with Crippen LogP contribution in [0.5, 0.6) is 11.5 Å². The van der Waals surface area contributed by atoms with Crippen molar-refractivity contribution in [1.82, 2.24) is 14.1 Å². The lowest BCUT2D eigenvalue weighted by Crippen LogP contribution is -2.29. The standard InChI is InChI=1S/C66H66N4O/c1-44(2)55-29-21-30-56(45(3)4)63(55)61-42-68(51-27-20-26-48(36-51)65(8,9)46-22-14-12-15-23-46)43-69(61)52-37-50(64(5,6)7)38-54(40-52)71-53-32-33-58-57-28-18-19-31-59(57)70(60(58)41-53)62-39-49(34-35-67-62)66(10,11)47-24-16-13-17-25-47/h12-42,44-45H,1-11H3. The van der Waals surface area contributed by atoms with Crippen molar-refractivity contribution in [3.63, 3.8) is 0 Å². The number of ether oxygens (including phenoxy) is 1. The molecule has 10 rings (SSSR count). The van der Waals surface area contributed by atoms with Gasteiger partial charge in [-0.1, -0.05) is 185 Å². The van der Waals surface area contributed by atoms with Gasteiger partial charge in [-0.3, -0.25) is 13.7 Å². The summed E-state index contributed by atoms with van der Waals surface area (Å²) < 4.78 is 13.8. The molecular formula is C66H66N4O. The van der Waals surface area contributed by atoms with E-state index in [1.165, 1.54) is 44.3 Å². The largest absolute Gasteiger partial charge is 0.458 e. The van der Waals surface area contributed by atoms with Crippen LogP contribution in [0.25, 0.3) is 50.3 Å². The van der Waals surface area contributed by atoms with E-state index in [0.717, 1.165) is 56.4 Å². The number of imidazole rings is 1. The molecule has 0 N–H and O–H groups in total. The number of para-hydroxylation sites is 1. The number of hydrogen-bond donors (Lipinski definition) is 0. The average Bonchev–Trinajstić information content (AvgIpc) is 3.96.